The lowest BCUT2D eigenvalue weighted by Crippen LogP contribution is -2.30. The number of hydrogen-bond donors (Lipinski definition) is 3. The summed E-state index contributed by atoms with van der Waals surface area (Å²) in [6, 6.07) is 7.17. The van der Waals surface area contributed by atoms with E-state index in [1.165, 1.54) is 12.3 Å². The number of amides is 1. The average molecular weight is 419 g/mol. The molecule has 0 bridgehead atoms. The van der Waals surface area contributed by atoms with Crippen LogP contribution in [0, 0.1) is 13.8 Å². The quantitative estimate of drug-likeness (QED) is 0.567. The van der Waals surface area contributed by atoms with Gasteiger partial charge in [-0.15, -0.1) is 0 Å². The SMILES string of the molecule is Cc1cc(C)cc(Nc2nccc(-n3cc(C(=O)NCCN)c(C(F)(F)F)n3)n2)c1. The van der Waals surface area contributed by atoms with Crippen molar-refractivity contribution in [2.75, 3.05) is 18.4 Å². The molecular weight excluding hydrogens is 399 g/mol. The van der Waals surface area contributed by atoms with Gasteiger partial charge in [0.15, 0.2) is 11.5 Å². The maximum atomic E-state index is 13.4. The Kier molecular flexibility index (Phi) is 6.01. The second-order valence-corrected chi connectivity index (χ2v) is 6.62. The molecule has 2 heterocycles. The Morgan fingerprint density at radius 3 is 2.53 bits per heavy atom. The normalized spacial score (nSPS) is 11.4. The number of nitrogens with two attached hydrogens (primary N) is 1. The number of aryl methyl sites for hydroxylation is 2. The van der Waals surface area contributed by atoms with Crippen LogP contribution < -0.4 is 16.4 Å². The molecule has 30 heavy (non-hydrogen) atoms. The zero-order valence-corrected chi connectivity index (χ0v) is 16.3. The number of alkyl halides is 3. The van der Waals surface area contributed by atoms with Crippen LogP contribution >= 0.6 is 0 Å². The first kappa shape index (κ1) is 21.2. The van der Waals surface area contributed by atoms with Gasteiger partial charge in [0.2, 0.25) is 5.95 Å². The first-order valence-corrected chi connectivity index (χ1v) is 9.01. The predicted molar refractivity (Wildman–Crippen MR) is 105 cm³/mol. The van der Waals surface area contributed by atoms with Crippen LogP contribution in [0.5, 0.6) is 0 Å². The molecule has 0 aliphatic carbocycles. The van der Waals surface area contributed by atoms with Crippen LogP contribution in [0.2, 0.25) is 0 Å². The third-order valence-corrected chi connectivity index (χ3v) is 4.01. The van der Waals surface area contributed by atoms with Crippen LogP contribution in [0.25, 0.3) is 5.82 Å². The fraction of sp³-hybridized carbons (Fsp3) is 0.263. The van der Waals surface area contributed by atoms with E-state index in [-0.39, 0.29) is 24.9 Å². The maximum absolute atomic E-state index is 13.4. The summed E-state index contributed by atoms with van der Waals surface area (Å²) in [7, 11) is 0. The molecule has 0 atom stereocenters. The summed E-state index contributed by atoms with van der Waals surface area (Å²) in [6.07, 6.45) is -2.44. The summed E-state index contributed by atoms with van der Waals surface area (Å²) >= 11 is 0. The average Bonchev–Trinajstić information content (AvgIpc) is 3.11. The van der Waals surface area contributed by atoms with Crippen LogP contribution in [0.15, 0.2) is 36.7 Å². The van der Waals surface area contributed by atoms with Crippen molar-refractivity contribution in [3.63, 3.8) is 0 Å². The van der Waals surface area contributed by atoms with Gasteiger partial charge in [0.1, 0.15) is 0 Å². The highest BCUT2D eigenvalue weighted by Crippen LogP contribution is 2.31. The molecule has 0 spiro atoms. The van der Waals surface area contributed by atoms with Gasteiger partial charge in [0.05, 0.1) is 5.56 Å². The fourth-order valence-electron chi connectivity index (χ4n) is 2.86. The van der Waals surface area contributed by atoms with Gasteiger partial charge in [0, 0.05) is 37.2 Å². The van der Waals surface area contributed by atoms with Crippen molar-refractivity contribution in [3.8, 4) is 5.82 Å². The predicted octanol–water partition coefficient (Wildman–Crippen LogP) is 2.73. The Hall–Kier alpha value is -3.47. The van der Waals surface area contributed by atoms with Crippen molar-refractivity contribution in [3.05, 3.63) is 59.0 Å². The molecule has 0 saturated carbocycles. The smallest absolute Gasteiger partial charge is 0.351 e. The Bertz CT molecular complexity index is 1040. The molecule has 158 valence electrons. The molecule has 11 heteroatoms. The van der Waals surface area contributed by atoms with E-state index in [9.17, 15) is 18.0 Å². The lowest BCUT2D eigenvalue weighted by atomic mass is 10.1. The van der Waals surface area contributed by atoms with Crippen molar-refractivity contribution in [1.82, 2.24) is 25.1 Å². The summed E-state index contributed by atoms with van der Waals surface area (Å²) in [6.45, 7) is 4.02. The second-order valence-electron chi connectivity index (χ2n) is 6.62. The van der Waals surface area contributed by atoms with E-state index >= 15 is 0 Å². The monoisotopic (exact) mass is 419 g/mol. The van der Waals surface area contributed by atoms with E-state index in [2.05, 4.69) is 25.7 Å². The number of rotatable bonds is 6. The highest BCUT2D eigenvalue weighted by atomic mass is 19.4. The third-order valence-electron chi connectivity index (χ3n) is 4.01. The van der Waals surface area contributed by atoms with E-state index in [1.807, 2.05) is 32.0 Å². The number of nitrogens with zero attached hydrogens (tertiary/aromatic N) is 4. The summed E-state index contributed by atoms with van der Waals surface area (Å²) < 4.78 is 41.0. The fourth-order valence-corrected chi connectivity index (χ4v) is 2.86. The molecule has 3 aromatic rings. The summed E-state index contributed by atoms with van der Waals surface area (Å²) in [4.78, 5) is 20.4. The van der Waals surface area contributed by atoms with Crippen LogP contribution in [-0.2, 0) is 6.18 Å². The molecule has 0 aliphatic rings. The van der Waals surface area contributed by atoms with Crippen LogP contribution in [0.3, 0.4) is 0 Å². The van der Waals surface area contributed by atoms with E-state index in [1.54, 1.807) is 0 Å². The minimum absolute atomic E-state index is 0.0405. The van der Waals surface area contributed by atoms with E-state index in [0.717, 1.165) is 27.7 Å². The Morgan fingerprint density at radius 2 is 1.90 bits per heavy atom. The number of anilines is 2. The zero-order chi connectivity index (χ0) is 21.9. The topological polar surface area (TPSA) is 111 Å². The molecule has 0 saturated heterocycles. The molecule has 0 unspecified atom stereocenters. The van der Waals surface area contributed by atoms with Gasteiger partial charge in [-0.05, 0) is 37.1 Å². The highest BCUT2D eigenvalue weighted by molar-refractivity contribution is 5.95. The van der Waals surface area contributed by atoms with Crippen molar-refractivity contribution in [1.29, 1.82) is 0 Å². The Morgan fingerprint density at radius 1 is 1.20 bits per heavy atom. The van der Waals surface area contributed by atoms with Crippen molar-refractivity contribution >= 4 is 17.5 Å². The van der Waals surface area contributed by atoms with Crippen molar-refractivity contribution in [2.24, 2.45) is 5.73 Å². The van der Waals surface area contributed by atoms with Crippen LogP contribution in [0.1, 0.15) is 27.2 Å². The molecule has 1 aromatic carbocycles. The number of carbonyl (C=O) groups excluding carboxylic acids is 1. The molecule has 4 N–H and O–H groups in total. The Balaban J connectivity index is 1.94. The van der Waals surface area contributed by atoms with E-state index in [0.29, 0.717) is 0 Å². The van der Waals surface area contributed by atoms with Gasteiger partial charge in [0.25, 0.3) is 5.91 Å². The van der Waals surface area contributed by atoms with Crippen LogP contribution in [0.4, 0.5) is 24.8 Å². The lowest BCUT2D eigenvalue weighted by Gasteiger charge is -2.08. The molecule has 3 rings (SSSR count). The summed E-state index contributed by atoms with van der Waals surface area (Å²) in [5.74, 6) is -0.669. The molecule has 0 aliphatic heterocycles. The van der Waals surface area contributed by atoms with Gasteiger partial charge in [-0.25, -0.2) is 9.67 Å². The van der Waals surface area contributed by atoms with E-state index < -0.39 is 23.3 Å². The Labute approximate surface area is 170 Å². The number of carbonyl (C=O) groups is 1. The number of aromatic nitrogens is 4. The second kappa shape index (κ2) is 8.49. The van der Waals surface area contributed by atoms with Gasteiger partial charge in [-0.2, -0.15) is 23.3 Å². The first-order chi connectivity index (χ1) is 14.2. The van der Waals surface area contributed by atoms with Gasteiger partial charge in [-0.1, -0.05) is 6.07 Å². The van der Waals surface area contributed by atoms with Crippen LogP contribution in [-0.4, -0.2) is 38.7 Å². The largest absolute Gasteiger partial charge is 0.435 e. The minimum Gasteiger partial charge on any atom is -0.351 e. The molecule has 8 nitrogen and oxygen atoms in total. The lowest BCUT2D eigenvalue weighted by molar-refractivity contribution is -0.141. The van der Waals surface area contributed by atoms with Gasteiger partial charge >= 0.3 is 6.18 Å². The standard InChI is InChI=1S/C19H20F3N7O/c1-11-7-12(2)9-13(8-11)26-18-25-5-3-15(27-18)29-10-14(17(30)24-6-4-23)16(28-29)19(20,21)22/h3,5,7-10H,4,6,23H2,1-2H3,(H,24,30)(H,25,26,27). The third kappa shape index (κ3) is 4.92. The summed E-state index contributed by atoms with van der Waals surface area (Å²) in [5.41, 5.74) is 6.17. The maximum Gasteiger partial charge on any atom is 0.435 e. The minimum atomic E-state index is -4.81. The number of halogens is 3. The number of nitrogens with one attached hydrogen (secondary N) is 2. The van der Waals surface area contributed by atoms with Crippen molar-refractivity contribution in [2.45, 2.75) is 20.0 Å². The molecule has 0 radical (unpaired) electrons. The first-order valence-electron chi connectivity index (χ1n) is 9.01. The molecule has 1 amide bonds. The van der Waals surface area contributed by atoms with E-state index in [4.69, 9.17) is 5.73 Å². The highest BCUT2D eigenvalue weighted by Gasteiger charge is 2.39. The zero-order valence-electron chi connectivity index (χ0n) is 16.3. The van der Waals surface area contributed by atoms with Gasteiger partial charge in [-0.3, -0.25) is 4.79 Å². The number of benzene rings is 1. The molecular formula is C19H20F3N7O. The van der Waals surface area contributed by atoms with Gasteiger partial charge < -0.3 is 16.4 Å². The van der Waals surface area contributed by atoms with Crippen molar-refractivity contribution < 1.29 is 18.0 Å². The molecule has 0 fully saturated rings. The number of hydrogen-bond acceptors (Lipinski definition) is 6. The summed E-state index contributed by atoms with van der Waals surface area (Å²) in [5, 5.41) is 8.88. The molecule has 2 aromatic heterocycles.